The van der Waals surface area contributed by atoms with Crippen molar-refractivity contribution in [2.45, 2.75) is 46.3 Å². The Hall–Kier alpha value is -1.43. The Kier molecular flexibility index (Phi) is 7.87. The molecule has 0 heterocycles. The lowest BCUT2D eigenvalue weighted by Crippen LogP contribution is -2.50. The SMILES string of the molecule is CC/C(=C(/Cl)C(=O)N(N)C(C)(C)C)c1ccc(COCCF)cc1. The van der Waals surface area contributed by atoms with Crippen LogP contribution in [0.3, 0.4) is 0 Å². The molecule has 1 aromatic rings. The van der Waals surface area contributed by atoms with Gasteiger partial charge in [0.1, 0.15) is 11.7 Å². The van der Waals surface area contributed by atoms with Gasteiger partial charge in [-0.15, -0.1) is 0 Å². The van der Waals surface area contributed by atoms with E-state index in [0.29, 0.717) is 13.0 Å². The van der Waals surface area contributed by atoms with Gasteiger partial charge in [-0.25, -0.2) is 10.2 Å². The molecule has 134 valence electrons. The van der Waals surface area contributed by atoms with E-state index in [0.717, 1.165) is 21.7 Å². The Bertz CT molecular complexity index is 580. The van der Waals surface area contributed by atoms with Gasteiger partial charge < -0.3 is 4.74 Å². The number of rotatable bonds is 7. The molecule has 0 spiro atoms. The molecule has 0 aliphatic rings. The predicted octanol–water partition coefficient (Wildman–Crippen LogP) is 4.03. The van der Waals surface area contributed by atoms with Crippen molar-refractivity contribution in [3.05, 3.63) is 40.4 Å². The number of amides is 1. The molecule has 0 aromatic heterocycles. The number of hydrogen-bond donors (Lipinski definition) is 1. The Morgan fingerprint density at radius 2 is 1.88 bits per heavy atom. The lowest BCUT2D eigenvalue weighted by atomic mass is 10.0. The quantitative estimate of drug-likeness (QED) is 0.264. The second-order valence-corrected chi connectivity index (χ2v) is 6.81. The average molecular weight is 357 g/mol. The highest BCUT2D eigenvalue weighted by Crippen LogP contribution is 2.27. The fourth-order valence-corrected chi connectivity index (χ4v) is 2.41. The zero-order valence-corrected chi connectivity index (χ0v) is 15.5. The maximum Gasteiger partial charge on any atom is 0.280 e. The molecule has 0 fully saturated rings. The Morgan fingerprint density at radius 1 is 1.29 bits per heavy atom. The minimum atomic E-state index is -0.520. The van der Waals surface area contributed by atoms with E-state index in [2.05, 4.69) is 0 Å². The van der Waals surface area contributed by atoms with E-state index >= 15 is 0 Å². The first kappa shape index (κ1) is 20.6. The number of halogens is 2. The van der Waals surface area contributed by atoms with E-state index in [1.165, 1.54) is 0 Å². The number of nitrogens with two attached hydrogens (primary N) is 1. The molecule has 0 saturated carbocycles. The molecular weight excluding hydrogens is 331 g/mol. The van der Waals surface area contributed by atoms with Crippen molar-refractivity contribution in [3.63, 3.8) is 0 Å². The fourth-order valence-electron chi connectivity index (χ4n) is 2.07. The van der Waals surface area contributed by atoms with Crippen LogP contribution >= 0.6 is 11.6 Å². The van der Waals surface area contributed by atoms with E-state index in [1.54, 1.807) is 0 Å². The highest BCUT2D eigenvalue weighted by Gasteiger charge is 2.27. The molecule has 0 aliphatic heterocycles. The standard InChI is InChI=1S/C18H26ClFN2O2/c1-5-15(16(19)17(23)22(21)18(2,3)4)14-8-6-13(7-9-14)12-24-11-10-20/h6-9H,5,10-12,21H2,1-4H3/b16-15-. The van der Waals surface area contributed by atoms with Crippen molar-refractivity contribution in [1.29, 1.82) is 0 Å². The summed E-state index contributed by atoms with van der Waals surface area (Å²) >= 11 is 6.32. The maximum atomic E-state index is 12.5. The second kappa shape index (κ2) is 9.16. The molecule has 0 saturated heterocycles. The summed E-state index contributed by atoms with van der Waals surface area (Å²) in [6.45, 7) is 7.39. The van der Waals surface area contributed by atoms with Crippen LogP contribution in [-0.4, -0.2) is 29.7 Å². The van der Waals surface area contributed by atoms with Gasteiger partial charge in [0.05, 0.1) is 18.8 Å². The number of hydrazine groups is 1. The maximum absolute atomic E-state index is 12.5. The first-order valence-electron chi connectivity index (χ1n) is 7.93. The third-order valence-corrected chi connectivity index (χ3v) is 3.93. The van der Waals surface area contributed by atoms with Crippen molar-refractivity contribution in [2.24, 2.45) is 5.84 Å². The number of carbonyl (C=O) groups excluding carboxylic acids is 1. The second-order valence-electron chi connectivity index (χ2n) is 6.43. The fraction of sp³-hybridized carbons (Fsp3) is 0.500. The Balaban J connectivity index is 3.00. The van der Waals surface area contributed by atoms with Crippen molar-refractivity contribution < 1.29 is 13.9 Å². The van der Waals surface area contributed by atoms with Crippen LogP contribution in [0.15, 0.2) is 29.3 Å². The summed E-state index contributed by atoms with van der Waals surface area (Å²) in [5, 5.41) is 1.26. The molecule has 0 unspecified atom stereocenters. The number of benzene rings is 1. The van der Waals surface area contributed by atoms with Gasteiger partial charge in [-0.1, -0.05) is 42.8 Å². The molecule has 1 rings (SSSR count). The lowest BCUT2D eigenvalue weighted by molar-refractivity contribution is -0.131. The Labute approximate surface area is 148 Å². The van der Waals surface area contributed by atoms with E-state index in [-0.39, 0.29) is 11.6 Å². The molecule has 6 heteroatoms. The summed E-state index contributed by atoms with van der Waals surface area (Å²) in [7, 11) is 0. The molecular formula is C18H26ClFN2O2. The summed E-state index contributed by atoms with van der Waals surface area (Å²) < 4.78 is 17.2. The van der Waals surface area contributed by atoms with Gasteiger partial charge in [-0.2, -0.15) is 0 Å². The zero-order chi connectivity index (χ0) is 18.3. The van der Waals surface area contributed by atoms with Crippen LogP contribution in [0.5, 0.6) is 0 Å². The summed E-state index contributed by atoms with van der Waals surface area (Å²) in [6, 6.07) is 7.50. The van der Waals surface area contributed by atoms with Crippen molar-refractivity contribution in [2.75, 3.05) is 13.3 Å². The lowest BCUT2D eigenvalue weighted by Gasteiger charge is -2.31. The number of allylic oxidation sites excluding steroid dienone is 1. The minimum Gasteiger partial charge on any atom is -0.374 e. The number of nitrogens with zero attached hydrogens (tertiary/aromatic N) is 1. The molecule has 0 atom stereocenters. The van der Waals surface area contributed by atoms with Gasteiger partial charge in [0.15, 0.2) is 0 Å². The van der Waals surface area contributed by atoms with Gasteiger partial charge in [0, 0.05) is 0 Å². The summed E-state index contributed by atoms with van der Waals surface area (Å²) in [4.78, 5) is 12.5. The third-order valence-electron chi connectivity index (χ3n) is 3.54. The van der Waals surface area contributed by atoms with Crippen LogP contribution in [0.1, 0.15) is 45.2 Å². The van der Waals surface area contributed by atoms with Gasteiger partial charge in [0.25, 0.3) is 5.91 Å². The Morgan fingerprint density at radius 3 is 2.33 bits per heavy atom. The molecule has 2 N–H and O–H groups in total. The predicted molar refractivity (Wildman–Crippen MR) is 95.9 cm³/mol. The van der Waals surface area contributed by atoms with Crippen LogP contribution < -0.4 is 5.84 Å². The molecule has 0 bridgehead atoms. The molecule has 24 heavy (non-hydrogen) atoms. The van der Waals surface area contributed by atoms with Crippen molar-refractivity contribution in [1.82, 2.24) is 5.01 Å². The van der Waals surface area contributed by atoms with Gasteiger partial charge in [0.2, 0.25) is 0 Å². The molecule has 1 aromatic carbocycles. The van der Waals surface area contributed by atoms with E-state index in [9.17, 15) is 9.18 Å². The highest BCUT2D eigenvalue weighted by molar-refractivity contribution is 6.45. The number of carbonyl (C=O) groups is 1. The number of alkyl halides is 1. The molecule has 0 aliphatic carbocycles. The summed E-state index contributed by atoms with van der Waals surface area (Å²) in [5.74, 6) is 5.47. The summed E-state index contributed by atoms with van der Waals surface area (Å²) in [5.41, 5.74) is 2.00. The minimum absolute atomic E-state index is 0.0847. The normalized spacial score (nSPS) is 12.8. The molecule has 1 amide bonds. The van der Waals surface area contributed by atoms with Crippen molar-refractivity contribution in [3.8, 4) is 0 Å². The van der Waals surface area contributed by atoms with E-state index in [4.69, 9.17) is 22.2 Å². The molecule has 4 nitrogen and oxygen atoms in total. The van der Waals surface area contributed by atoms with E-state index < -0.39 is 18.1 Å². The average Bonchev–Trinajstić information content (AvgIpc) is 2.54. The van der Waals surface area contributed by atoms with Gasteiger partial charge in [-0.05, 0) is 43.9 Å². The first-order chi connectivity index (χ1) is 11.2. The van der Waals surface area contributed by atoms with Crippen LogP contribution in [0.4, 0.5) is 4.39 Å². The van der Waals surface area contributed by atoms with Crippen molar-refractivity contribution >= 4 is 23.1 Å². The molecule has 0 radical (unpaired) electrons. The topological polar surface area (TPSA) is 55.6 Å². The van der Waals surface area contributed by atoms with Crippen LogP contribution in [0.2, 0.25) is 0 Å². The third kappa shape index (κ3) is 5.58. The smallest absolute Gasteiger partial charge is 0.280 e. The number of hydrogen-bond acceptors (Lipinski definition) is 3. The summed E-state index contributed by atoms with van der Waals surface area (Å²) in [6.07, 6.45) is 0.597. The van der Waals surface area contributed by atoms with Gasteiger partial charge >= 0.3 is 0 Å². The van der Waals surface area contributed by atoms with Gasteiger partial charge in [-0.3, -0.25) is 9.80 Å². The van der Waals surface area contributed by atoms with E-state index in [1.807, 2.05) is 52.0 Å². The highest BCUT2D eigenvalue weighted by atomic mass is 35.5. The zero-order valence-electron chi connectivity index (χ0n) is 14.7. The first-order valence-corrected chi connectivity index (χ1v) is 8.31. The van der Waals surface area contributed by atoms with Crippen LogP contribution in [0.25, 0.3) is 5.57 Å². The number of ether oxygens (including phenoxy) is 1. The van der Waals surface area contributed by atoms with Crippen LogP contribution in [0, 0.1) is 0 Å². The largest absolute Gasteiger partial charge is 0.374 e. The van der Waals surface area contributed by atoms with Crippen LogP contribution in [-0.2, 0) is 16.1 Å². The monoisotopic (exact) mass is 356 g/mol.